The van der Waals surface area contributed by atoms with Gasteiger partial charge in [0.05, 0.1) is 11.7 Å². The average molecular weight is 303 g/mol. The fraction of sp³-hybridized carbons (Fsp3) is 0.778. The third-order valence-corrected chi connectivity index (χ3v) is 5.58. The van der Waals surface area contributed by atoms with E-state index in [4.69, 9.17) is 0 Å². The second kappa shape index (κ2) is 6.43. The highest BCUT2D eigenvalue weighted by molar-refractivity contribution is 5.93. The Morgan fingerprint density at radius 1 is 1.27 bits per heavy atom. The first-order valence-electron chi connectivity index (χ1n) is 9.02. The molecule has 1 saturated heterocycles. The number of nitrogens with zero attached hydrogens (tertiary/aromatic N) is 3. The van der Waals surface area contributed by atoms with Crippen LogP contribution in [0.4, 0.5) is 0 Å². The molecule has 0 spiro atoms. The van der Waals surface area contributed by atoms with Gasteiger partial charge in [-0.05, 0) is 44.6 Å². The van der Waals surface area contributed by atoms with Crippen molar-refractivity contribution in [2.75, 3.05) is 6.54 Å². The summed E-state index contributed by atoms with van der Waals surface area (Å²) in [6.45, 7) is 7.28. The van der Waals surface area contributed by atoms with E-state index in [1.807, 2.05) is 17.7 Å². The lowest BCUT2D eigenvalue weighted by molar-refractivity contribution is 0.0110. The summed E-state index contributed by atoms with van der Waals surface area (Å²) in [6, 6.07) is 2.80. The summed E-state index contributed by atoms with van der Waals surface area (Å²) >= 11 is 0. The molecule has 2 fully saturated rings. The van der Waals surface area contributed by atoms with Crippen molar-refractivity contribution >= 4 is 5.91 Å². The van der Waals surface area contributed by atoms with Gasteiger partial charge in [0.2, 0.25) is 0 Å². The second-order valence-electron chi connectivity index (χ2n) is 7.01. The summed E-state index contributed by atoms with van der Waals surface area (Å²) in [5.74, 6) is 0.952. The fourth-order valence-corrected chi connectivity index (χ4v) is 4.21. The Morgan fingerprint density at radius 2 is 2.00 bits per heavy atom. The summed E-state index contributed by atoms with van der Waals surface area (Å²) in [6.07, 6.45) is 8.48. The standard InChI is InChI=1S/C18H29N3O/c1-4-15(5-2)21-17(11-13(3)19-21)18(22)20-12-14-9-7-6-8-10-16(14)20/h11,14-16H,4-10,12H2,1-3H3/t14-,16+/m1/s1. The van der Waals surface area contributed by atoms with Gasteiger partial charge in [-0.1, -0.05) is 33.1 Å². The summed E-state index contributed by atoms with van der Waals surface area (Å²) in [5.41, 5.74) is 1.75. The first kappa shape index (κ1) is 15.6. The van der Waals surface area contributed by atoms with Crippen molar-refractivity contribution in [3.63, 3.8) is 0 Å². The Labute approximate surface area is 133 Å². The highest BCUT2D eigenvalue weighted by atomic mass is 16.2. The third kappa shape index (κ3) is 2.68. The van der Waals surface area contributed by atoms with Crippen LogP contribution >= 0.6 is 0 Å². The third-order valence-electron chi connectivity index (χ3n) is 5.58. The van der Waals surface area contributed by atoms with Crippen molar-refractivity contribution in [3.05, 3.63) is 17.5 Å². The van der Waals surface area contributed by atoms with E-state index in [1.54, 1.807) is 0 Å². The van der Waals surface area contributed by atoms with Crippen LogP contribution in [0.5, 0.6) is 0 Å². The van der Waals surface area contributed by atoms with E-state index in [9.17, 15) is 4.79 Å². The first-order chi connectivity index (χ1) is 10.7. The summed E-state index contributed by atoms with van der Waals surface area (Å²) in [7, 11) is 0. The SMILES string of the molecule is CCC(CC)n1nc(C)cc1C(=O)N1C[C@H]2CCCCC[C@@H]21. The molecule has 1 aromatic rings. The number of hydrogen-bond acceptors (Lipinski definition) is 2. The molecule has 2 heterocycles. The van der Waals surface area contributed by atoms with Crippen LogP contribution in [0.25, 0.3) is 0 Å². The van der Waals surface area contributed by atoms with E-state index >= 15 is 0 Å². The lowest BCUT2D eigenvalue weighted by atomic mass is 9.84. The molecule has 3 rings (SSSR count). The van der Waals surface area contributed by atoms with Crippen LogP contribution in [0.3, 0.4) is 0 Å². The maximum absolute atomic E-state index is 13.0. The van der Waals surface area contributed by atoms with Crippen LogP contribution in [-0.4, -0.2) is 33.2 Å². The predicted molar refractivity (Wildman–Crippen MR) is 88.0 cm³/mol. The van der Waals surface area contributed by atoms with Gasteiger partial charge in [-0.2, -0.15) is 5.10 Å². The minimum absolute atomic E-state index is 0.204. The molecule has 2 aliphatic rings. The van der Waals surface area contributed by atoms with Crippen molar-refractivity contribution in [3.8, 4) is 0 Å². The van der Waals surface area contributed by atoms with E-state index in [0.717, 1.165) is 36.7 Å². The number of amides is 1. The molecule has 1 aliphatic carbocycles. The van der Waals surface area contributed by atoms with Gasteiger partial charge in [-0.15, -0.1) is 0 Å². The molecule has 22 heavy (non-hydrogen) atoms. The van der Waals surface area contributed by atoms with Crippen molar-refractivity contribution in [1.82, 2.24) is 14.7 Å². The molecule has 0 radical (unpaired) electrons. The number of carbonyl (C=O) groups excluding carboxylic acids is 1. The van der Waals surface area contributed by atoms with Crippen LogP contribution in [-0.2, 0) is 0 Å². The van der Waals surface area contributed by atoms with Crippen LogP contribution in [0.2, 0.25) is 0 Å². The molecule has 0 unspecified atom stereocenters. The highest BCUT2D eigenvalue weighted by Crippen LogP contribution is 2.37. The van der Waals surface area contributed by atoms with Crippen LogP contribution < -0.4 is 0 Å². The Bertz CT molecular complexity index is 532. The Hall–Kier alpha value is -1.32. The van der Waals surface area contributed by atoms with Crippen molar-refractivity contribution in [2.24, 2.45) is 5.92 Å². The van der Waals surface area contributed by atoms with Crippen molar-refractivity contribution in [2.45, 2.75) is 77.8 Å². The molecule has 1 saturated carbocycles. The average Bonchev–Trinajstić information content (AvgIpc) is 2.77. The summed E-state index contributed by atoms with van der Waals surface area (Å²) in [4.78, 5) is 15.1. The van der Waals surface area contributed by atoms with Gasteiger partial charge in [-0.25, -0.2) is 0 Å². The van der Waals surface area contributed by atoms with E-state index in [1.165, 1.54) is 32.1 Å². The number of fused-ring (bicyclic) bond motifs is 1. The smallest absolute Gasteiger partial charge is 0.272 e. The lowest BCUT2D eigenvalue weighted by Crippen LogP contribution is -2.58. The number of aryl methyl sites for hydroxylation is 1. The number of carbonyl (C=O) groups is 1. The maximum atomic E-state index is 13.0. The van der Waals surface area contributed by atoms with E-state index < -0.39 is 0 Å². The van der Waals surface area contributed by atoms with Gasteiger partial charge in [0.25, 0.3) is 5.91 Å². The molecule has 1 aliphatic heterocycles. The monoisotopic (exact) mass is 303 g/mol. The lowest BCUT2D eigenvalue weighted by Gasteiger charge is -2.47. The maximum Gasteiger partial charge on any atom is 0.272 e. The Morgan fingerprint density at radius 3 is 2.73 bits per heavy atom. The summed E-state index contributed by atoms with van der Waals surface area (Å²) < 4.78 is 1.99. The van der Waals surface area contributed by atoms with Crippen molar-refractivity contribution in [1.29, 1.82) is 0 Å². The van der Waals surface area contributed by atoms with Gasteiger partial charge in [0.1, 0.15) is 5.69 Å². The fourth-order valence-electron chi connectivity index (χ4n) is 4.21. The Balaban J connectivity index is 1.81. The molecular formula is C18H29N3O. The Kier molecular flexibility index (Phi) is 4.55. The quantitative estimate of drug-likeness (QED) is 0.844. The zero-order valence-electron chi connectivity index (χ0n) is 14.2. The largest absolute Gasteiger partial charge is 0.334 e. The molecule has 1 aromatic heterocycles. The zero-order valence-corrected chi connectivity index (χ0v) is 14.2. The molecule has 0 bridgehead atoms. The molecule has 0 aromatic carbocycles. The predicted octanol–water partition coefficient (Wildman–Crippen LogP) is 3.96. The molecule has 2 atom stereocenters. The highest BCUT2D eigenvalue weighted by Gasteiger charge is 2.42. The molecule has 122 valence electrons. The van der Waals surface area contributed by atoms with Crippen LogP contribution in [0.15, 0.2) is 6.07 Å². The first-order valence-corrected chi connectivity index (χ1v) is 9.02. The minimum atomic E-state index is 0.204. The van der Waals surface area contributed by atoms with Gasteiger partial charge >= 0.3 is 0 Å². The second-order valence-corrected chi connectivity index (χ2v) is 7.01. The van der Waals surface area contributed by atoms with E-state index in [2.05, 4.69) is 23.8 Å². The topological polar surface area (TPSA) is 38.1 Å². The van der Waals surface area contributed by atoms with Gasteiger partial charge in [0.15, 0.2) is 0 Å². The van der Waals surface area contributed by atoms with Crippen LogP contribution in [0.1, 0.15) is 81.0 Å². The zero-order chi connectivity index (χ0) is 15.7. The molecular weight excluding hydrogens is 274 g/mol. The number of rotatable bonds is 4. The summed E-state index contributed by atoms with van der Waals surface area (Å²) in [5, 5.41) is 4.61. The normalized spacial score (nSPS) is 24.8. The van der Waals surface area contributed by atoms with E-state index in [-0.39, 0.29) is 5.91 Å². The van der Waals surface area contributed by atoms with E-state index in [0.29, 0.717) is 12.1 Å². The molecule has 1 amide bonds. The van der Waals surface area contributed by atoms with Gasteiger partial charge in [0, 0.05) is 12.6 Å². The number of likely N-dealkylation sites (tertiary alicyclic amines) is 1. The molecule has 4 heteroatoms. The number of aromatic nitrogens is 2. The number of hydrogen-bond donors (Lipinski definition) is 0. The molecule has 4 nitrogen and oxygen atoms in total. The van der Waals surface area contributed by atoms with Crippen LogP contribution in [0, 0.1) is 12.8 Å². The van der Waals surface area contributed by atoms with Gasteiger partial charge in [-0.3, -0.25) is 9.48 Å². The van der Waals surface area contributed by atoms with Crippen molar-refractivity contribution < 1.29 is 4.79 Å². The molecule has 0 N–H and O–H groups in total. The van der Waals surface area contributed by atoms with Gasteiger partial charge < -0.3 is 4.90 Å². The minimum Gasteiger partial charge on any atom is -0.334 e.